The van der Waals surface area contributed by atoms with E-state index in [2.05, 4.69) is 10.6 Å². The number of piperidine rings is 1. The van der Waals surface area contributed by atoms with Crippen LogP contribution in [-0.4, -0.2) is 116 Å². The number of fused-ring (bicyclic) bond motifs is 5. The standard InChI is InChI=1S/C45H68N2O10S2/c48-20-27-6-3-5-26(15-27)16-28-17-31-37(51)30-7-4-8-32-36(30)39(53)44(31,34(50)18-28)24-58-59-25-47-35-19-29(9-14-46-35)43(13-12-42(22-43)10-1-2-11-42)23-45(55)38(52)33(21-49)57-41(56-32)40(45)54/h17-18,26-27,29-33,35-36,38,40-41,46-50,52,54-55H,1-16,19-25H2/t26?,27?,29?,30?,31-,32?,33+,35?,36?,38+,40-,41+,43-,44-,45+/m0/s1. The smallest absolute Gasteiger partial charge is 0.187 e. The molecule has 6 bridgehead atoms. The van der Waals surface area contributed by atoms with Gasteiger partial charge < -0.3 is 45.4 Å². The topological polar surface area (TPSA) is 198 Å². The Bertz CT molecular complexity index is 1640. The highest BCUT2D eigenvalue weighted by Crippen LogP contribution is 2.65. The number of rotatable bonds is 4. The molecule has 9 rings (SSSR count). The Balaban J connectivity index is 1.06. The van der Waals surface area contributed by atoms with Crippen LogP contribution in [-0.2, 0) is 19.1 Å². The van der Waals surface area contributed by atoms with E-state index >= 15 is 4.79 Å². The zero-order valence-corrected chi connectivity index (χ0v) is 36.1. The van der Waals surface area contributed by atoms with Crippen molar-refractivity contribution in [3.05, 3.63) is 23.5 Å². The van der Waals surface area contributed by atoms with E-state index in [-0.39, 0.29) is 64.9 Å². The van der Waals surface area contributed by atoms with E-state index in [1.165, 1.54) is 23.6 Å². The molecule has 7 unspecified atom stereocenters. The molecule has 5 saturated carbocycles. The molecule has 3 heterocycles. The fourth-order valence-corrected chi connectivity index (χ4v) is 16.6. The van der Waals surface area contributed by atoms with E-state index in [4.69, 9.17) is 9.47 Å². The van der Waals surface area contributed by atoms with Crippen molar-refractivity contribution < 1.29 is 49.7 Å². The Morgan fingerprint density at radius 3 is 2.42 bits per heavy atom. The lowest BCUT2D eigenvalue weighted by Crippen LogP contribution is -2.70. The van der Waals surface area contributed by atoms with Gasteiger partial charge in [-0.25, -0.2) is 0 Å². The molecule has 0 aromatic carbocycles. The number of carbonyl (C=O) groups is 2. The number of nitrogens with one attached hydrogen (secondary N) is 2. The summed E-state index contributed by atoms with van der Waals surface area (Å²) < 4.78 is 12.8. The van der Waals surface area contributed by atoms with Gasteiger partial charge in [-0.2, -0.15) is 0 Å². The van der Waals surface area contributed by atoms with Gasteiger partial charge in [0.2, 0.25) is 0 Å². The Morgan fingerprint density at radius 1 is 0.831 bits per heavy atom. The Labute approximate surface area is 356 Å². The zero-order valence-electron chi connectivity index (χ0n) is 34.5. The fraction of sp³-hybridized carbons (Fsp3) is 0.867. The molecule has 8 N–H and O–H groups in total. The maximum absolute atomic E-state index is 15.4. The van der Waals surface area contributed by atoms with E-state index < -0.39 is 66.1 Å². The van der Waals surface area contributed by atoms with E-state index in [0.29, 0.717) is 37.5 Å². The average molecular weight is 861 g/mol. The molecule has 9 aliphatic rings. The van der Waals surface area contributed by atoms with Gasteiger partial charge in [-0.15, -0.1) is 0 Å². The lowest BCUT2D eigenvalue weighted by molar-refractivity contribution is -0.350. The average Bonchev–Trinajstić information content (AvgIpc) is 3.86. The van der Waals surface area contributed by atoms with Gasteiger partial charge in [0.05, 0.1) is 36.6 Å². The molecule has 0 aromatic rings. The van der Waals surface area contributed by atoms with E-state index in [9.17, 15) is 35.4 Å². The molecule has 3 spiro atoms. The summed E-state index contributed by atoms with van der Waals surface area (Å²) in [6.45, 7) is 0.343. The molecule has 0 radical (unpaired) electrons. The Kier molecular flexibility index (Phi) is 12.6. The largest absolute Gasteiger partial charge is 0.511 e. The first-order valence-corrected chi connectivity index (χ1v) is 25.5. The van der Waals surface area contributed by atoms with Crippen LogP contribution >= 0.6 is 21.6 Å². The summed E-state index contributed by atoms with van der Waals surface area (Å²) in [7, 11) is 3.09. The molecule has 6 aliphatic carbocycles. The predicted molar refractivity (Wildman–Crippen MR) is 225 cm³/mol. The fourth-order valence-electron chi connectivity index (χ4n) is 14.3. The number of hydrogen-bond acceptors (Lipinski definition) is 14. The summed E-state index contributed by atoms with van der Waals surface area (Å²) in [5.74, 6) is -1.26. The Morgan fingerprint density at radius 2 is 1.63 bits per heavy atom. The maximum atomic E-state index is 15.4. The lowest BCUT2D eigenvalue weighted by Gasteiger charge is -2.55. The van der Waals surface area contributed by atoms with Gasteiger partial charge >= 0.3 is 0 Å². The lowest BCUT2D eigenvalue weighted by atomic mass is 9.52. The number of Topliss-reactive ketones (excluding diaryl/α,β-unsaturated/α-hetero) is 2. The van der Waals surface area contributed by atoms with Crippen LogP contribution < -0.4 is 10.6 Å². The molecule has 330 valence electrons. The summed E-state index contributed by atoms with van der Waals surface area (Å²) in [5, 5.41) is 77.0. The van der Waals surface area contributed by atoms with Gasteiger partial charge in [0.15, 0.2) is 12.1 Å². The van der Waals surface area contributed by atoms with Gasteiger partial charge in [0.25, 0.3) is 0 Å². The van der Waals surface area contributed by atoms with Crippen LogP contribution in [0.5, 0.6) is 0 Å². The minimum Gasteiger partial charge on any atom is -0.511 e. The van der Waals surface area contributed by atoms with Crippen molar-refractivity contribution >= 4 is 33.2 Å². The number of aliphatic hydroxyl groups is 6. The monoisotopic (exact) mass is 860 g/mol. The predicted octanol–water partition coefficient (Wildman–Crippen LogP) is 4.67. The van der Waals surface area contributed by atoms with Crippen LogP contribution in [0.4, 0.5) is 0 Å². The van der Waals surface area contributed by atoms with Gasteiger partial charge in [-0.3, -0.25) is 14.9 Å². The second-order valence-electron chi connectivity index (χ2n) is 20.5. The highest BCUT2D eigenvalue weighted by atomic mass is 33.1. The highest BCUT2D eigenvalue weighted by Gasteiger charge is 2.66. The molecular formula is C45H68N2O10S2. The maximum Gasteiger partial charge on any atom is 0.187 e. The minimum absolute atomic E-state index is 0.00978. The van der Waals surface area contributed by atoms with Crippen molar-refractivity contribution in [1.29, 1.82) is 0 Å². The molecular weight excluding hydrogens is 793 g/mol. The molecule has 3 saturated heterocycles. The summed E-state index contributed by atoms with van der Waals surface area (Å²) in [6.07, 6.45) is 12.4. The number of ether oxygens (including phenoxy) is 2. The van der Waals surface area contributed by atoms with Crippen molar-refractivity contribution in [2.24, 2.45) is 51.8 Å². The second-order valence-corrected chi connectivity index (χ2v) is 23.0. The summed E-state index contributed by atoms with van der Waals surface area (Å²) in [5.41, 5.74) is -2.88. The zero-order chi connectivity index (χ0) is 41.2. The first-order chi connectivity index (χ1) is 28.4. The van der Waals surface area contributed by atoms with Crippen molar-refractivity contribution in [3.63, 3.8) is 0 Å². The number of carbonyl (C=O) groups excluding carboxylic acids is 2. The number of allylic oxidation sites excluding steroid dienone is 4. The summed E-state index contributed by atoms with van der Waals surface area (Å²) in [6, 6.07) is 0. The van der Waals surface area contributed by atoms with Crippen LogP contribution in [0.2, 0.25) is 0 Å². The van der Waals surface area contributed by atoms with E-state index in [0.717, 1.165) is 82.7 Å². The van der Waals surface area contributed by atoms with Gasteiger partial charge in [0, 0.05) is 18.3 Å². The molecule has 12 nitrogen and oxygen atoms in total. The van der Waals surface area contributed by atoms with Gasteiger partial charge in [-0.05, 0) is 130 Å². The number of hydrogen-bond donors (Lipinski definition) is 8. The van der Waals surface area contributed by atoms with Crippen LogP contribution in [0.15, 0.2) is 23.5 Å². The third kappa shape index (κ3) is 7.65. The van der Waals surface area contributed by atoms with Crippen LogP contribution in [0.3, 0.4) is 0 Å². The van der Waals surface area contributed by atoms with Crippen molar-refractivity contribution in [3.8, 4) is 0 Å². The third-order valence-electron chi connectivity index (χ3n) is 17.3. The third-order valence-corrected chi connectivity index (χ3v) is 19.5. The highest BCUT2D eigenvalue weighted by molar-refractivity contribution is 8.76. The molecule has 0 aromatic heterocycles. The molecule has 14 heteroatoms. The first kappa shape index (κ1) is 43.2. The molecule has 8 fully saturated rings. The molecule has 0 amide bonds. The Hall–Kier alpha value is -1.04. The first-order valence-electron chi connectivity index (χ1n) is 23.0. The van der Waals surface area contributed by atoms with Gasteiger partial charge in [0.1, 0.15) is 40.9 Å². The summed E-state index contributed by atoms with van der Waals surface area (Å²) >= 11 is 0. The number of aliphatic hydroxyl groups excluding tert-OH is 5. The van der Waals surface area contributed by atoms with Crippen molar-refractivity contribution in [1.82, 2.24) is 10.6 Å². The van der Waals surface area contributed by atoms with Crippen LogP contribution in [0, 0.1) is 51.8 Å². The molecule has 15 atom stereocenters. The SMILES string of the molecule is O=C1C2CCCC3O[C@@H]4O[C@H](CO)[C@@H](O)[C@](O)(C[C@@]5(CCC6(CCCC6)C5)C5CCNC(C5)NCSSC[C@@]5(C(=O)C32)C(O)=CC(CC2CCCC(CO)C2)=C[C@@H]15)[C@H]4O. The molecule has 3 aliphatic heterocycles. The van der Waals surface area contributed by atoms with E-state index in [1.807, 2.05) is 6.08 Å². The summed E-state index contributed by atoms with van der Waals surface area (Å²) in [4.78, 5) is 30.3. The van der Waals surface area contributed by atoms with Crippen LogP contribution in [0.1, 0.15) is 116 Å². The van der Waals surface area contributed by atoms with Crippen molar-refractivity contribution in [2.45, 2.75) is 158 Å². The van der Waals surface area contributed by atoms with Crippen LogP contribution in [0.25, 0.3) is 0 Å². The molecule has 59 heavy (non-hydrogen) atoms. The number of ketones is 2. The minimum atomic E-state index is -2.07. The van der Waals surface area contributed by atoms with Crippen molar-refractivity contribution in [2.75, 3.05) is 31.4 Å². The quantitative estimate of drug-likeness (QED) is 0.182. The van der Waals surface area contributed by atoms with Gasteiger partial charge in [-0.1, -0.05) is 59.8 Å². The normalized spacial score (nSPS) is 47.9. The second kappa shape index (κ2) is 17.2. The van der Waals surface area contributed by atoms with E-state index in [1.54, 1.807) is 16.9 Å².